The molecule has 0 aliphatic carbocycles. The topological polar surface area (TPSA) is 51.0 Å². The number of carbonyl (C=O) groups excluding carboxylic acids is 1. The largest absolute Gasteiger partial charge is 0.343 e. The lowest BCUT2D eigenvalue weighted by Crippen LogP contribution is -2.36. The van der Waals surface area contributed by atoms with Gasteiger partial charge in [-0.05, 0) is 12.8 Å². The number of rotatable bonds is 1. The number of hydrogen-bond acceptors (Lipinski definition) is 3. The van der Waals surface area contributed by atoms with Gasteiger partial charge in [0.1, 0.15) is 16.5 Å². The number of piperidine rings is 1. The summed E-state index contributed by atoms with van der Waals surface area (Å²) in [6.07, 6.45) is 1.82. The molecule has 0 spiro atoms. The highest BCUT2D eigenvalue weighted by Gasteiger charge is 2.26. The summed E-state index contributed by atoms with van der Waals surface area (Å²) in [6.45, 7) is 3.16. The van der Waals surface area contributed by atoms with E-state index in [1.807, 2.05) is 16.5 Å². The molecule has 0 N–H and O–H groups in total. The minimum atomic E-state index is 0.137. The highest BCUT2D eigenvalue weighted by Crippen LogP contribution is 2.32. The molecule has 3 heterocycles. The number of nitrogens with zero attached hydrogens (tertiary/aromatic N) is 4. The summed E-state index contributed by atoms with van der Waals surface area (Å²) in [6, 6.07) is 1.78. The number of aromatic nitrogens is 3. The van der Waals surface area contributed by atoms with E-state index in [9.17, 15) is 4.79 Å². The molecule has 1 aliphatic rings. The van der Waals surface area contributed by atoms with Crippen LogP contribution < -0.4 is 0 Å². The molecule has 0 saturated carbocycles. The van der Waals surface area contributed by atoms with Gasteiger partial charge in [-0.25, -0.2) is 9.97 Å². The summed E-state index contributed by atoms with van der Waals surface area (Å²) in [7, 11) is 1.97. The van der Waals surface area contributed by atoms with E-state index in [4.69, 9.17) is 23.2 Å². The first-order valence-electron chi connectivity index (χ1n) is 6.91. The summed E-state index contributed by atoms with van der Waals surface area (Å²) in [5.41, 5.74) is 1.58. The van der Waals surface area contributed by atoms with E-state index >= 15 is 0 Å². The highest BCUT2D eigenvalue weighted by atomic mass is 35.5. The molecule has 5 nitrogen and oxygen atoms in total. The number of carbonyl (C=O) groups is 1. The van der Waals surface area contributed by atoms with Crippen LogP contribution in [-0.2, 0) is 11.8 Å². The van der Waals surface area contributed by atoms with Gasteiger partial charge in [-0.2, -0.15) is 0 Å². The lowest BCUT2D eigenvalue weighted by atomic mass is 9.96. The van der Waals surface area contributed by atoms with Crippen LogP contribution in [0.2, 0.25) is 10.3 Å². The van der Waals surface area contributed by atoms with Crippen molar-refractivity contribution in [2.45, 2.75) is 25.7 Å². The van der Waals surface area contributed by atoms with Crippen LogP contribution in [0.4, 0.5) is 0 Å². The lowest BCUT2D eigenvalue weighted by molar-refractivity contribution is -0.129. The van der Waals surface area contributed by atoms with Crippen LogP contribution in [-0.4, -0.2) is 38.4 Å². The number of aryl methyl sites for hydroxylation is 1. The Kier molecular flexibility index (Phi) is 3.80. The van der Waals surface area contributed by atoms with Crippen LogP contribution >= 0.6 is 23.2 Å². The van der Waals surface area contributed by atoms with E-state index in [0.29, 0.717) is 21.7 Å². The zero-order valence-corrected chi connectivity index (χ0v) is 13.4. The van der Waals surface area contributed by atoms with Crippen LogP contribution in [0.1, 0.15) is 31.5 Å². The Morgan fingerprint density at radius 2 is 1.95 bits per heavy atom. The van der Waals surface area contributed by atoms with Crippen molar-refractivity contribution in [1.29, 1.82) is 0 Å². The van der Waals surface area contributed by atoms with Crippen LogP contribution in [0.15, 0.2) is 6.07 Å². The number of pyridine rings is 1. The Morgan fingerprint density at radius 1 is 1.29 bits per heavy atom. The van der Waals surface area contributed by atoms with Crippen molar-refractivity contribution in [2.24, 2.45) is 7.05 Å². The van der Waals surface area contributed by atoms with Crippen LogP contribution in [0, 0.1) is 0 Å². The number of fused-ring (bicyclic) bond motifs is 1. The molecule has 1 fully saturated rings. The first-order valence-corrected chi connectivity index (χ1v) is 7.67. The van der Waals surface area contributed by atoms with Gasteiger partial charge >= 0.3 is 0 Å². The molecular formula is C14H16Cl2N4O. The van der Waals surface area contributed by atoms with Crippen LogP contribution in [0.3, 0.4) is 0 Å². The van der Waals surface area contributed by atoms with E-state index in [0.717, 1.165) is 37.3 Å². The maximum Gasteiger partial charge on any atom is 0.219 e. The van der Waals surface area contributed by atoms with Crippen molar-refractivity contribution in [3.8, 4) is 0 Å². The minimum absolute atomic E-state index is 0.137. The third-order valence-electron chi connectivity index (χ3n) is 4.14. The summed E-state index contributed by atoms with van der Waals surface area (Å²) in [5, 5.41) is 0.703. The van der Waals surface area contributed by atoms with Gasteiger partial charge in [0.25, 0.3) is 0 Å². The molecular weight excluding hydrogens is 311 g/mol. The molecule has 21 heavy (non-hydrogen) atoms. The Morgan fingerprint density at radius 3 is 2.57 bits per heavy atom. The normalized spacial score (nSPS) is 16.7. The van der Waals surface area contributed by atoms with Crippen molar-refractivity contribution in [1.82, 2.24) is 19.4 Å². The van der Waals surface area contributed by atoms with Crippen molar-refractivity contribution in [3.63, 3.8) is 0 Å². The van der Waals surface area contributed by atoms with Gasteiger partial charge in [-0.15, -0.1) is 0 Å². The Labute approximate surface area is 132 Å². The predicted octanol–water partition coefficient (Wildman–Crippen LogP) is 3.00. The third-order valence-corrected chi connectivity index (χ3v) is 4.59. The van der Waals surface area contributed by atoms with E-state index in [-0.39, 0.29) is 5.91 Å². The van der Waals surface area contributed by atoms with E-state index in [2.05, 4.69) is 9.97 Å². The molecule has 0 atom stereocenters. The highest BCUT2D eigenvalue weighted by molar-refractivity contribution is 6.36. The Balaban J connectivity index is 1.93. The van der Waals surface area contributed by atoms with Gasteiger partial charge in [0.2, 0.25) is 5.91 Å². The predicted molar refractivity (Wildman–Crippen MR) is 82.8 cm³/mol. The molecule has 1 saturated heterocycles. The molecule has 2 aromatic rings. The molecule has 0 radical (unpaired) electrons. The number of imidazole rings is 1. The smallest absolute Gasteiger partial charge is 0.219 e. The zero-order chi connectivity index (χ0) is 15.1. The summed E-state index contributed by atoms with van der Waals surface area (Å²) in [4.78, 5) is 22.0. The molecule has 1 aliphatic heterocycles. The first-order chi connectivity index (χ1) is 9.97. The molecule has 7 heteroatoms. The van der Waals surface area contributed by atoms with Crippen molar-refractivity contribution < 1.29 is 4.79 Å². The zero-order valence-electron chi connectivity index (χ0n) is 11.9. The Hall–Kier alpha value is -1.33. The lowest BCUT2D eigenvalue weighted by Gasteiger charge is -2.30. The van der Waals surface area contributed by atoms with Crippen LogP contribution in [0.5, 0.6) is 0 Å². The number of hydrogen-bond donors (Lipinski definition) is 0. The quantitative estimate of drug-likeness (QED) is 0.757. The first kappa shape index (κ1) is 14.6. The van der Waals surface area contributed by atoms with Gasteiger partial charge in [-0.1, -0.05) is 23.2 Å². The van der Waals surface area contributed by atoms with Gasteiger partial charge in [0.15, 0.2) is 5.15 Å². The Bertz CT molecular complexity index is 705. The third kappa shape index (κ3) is 2.60. The fourth-order valence-electron chi connectivity index (χ4n) is 2.96. The summed E-state index contributed by atoms with van der Waals surface area (Å²) < 4.78 is 2.03. The minimum Gasteiger partial charge on any atom is -0.343 e. The fourth-order valence-corrected chi connectivity index (χ4v) is 3.42. The van der Waals surface area contributed by atoms with Crippen molar-refractivity contribution in [2.75, 3.05) is 13.1 Å². The summed E-state index contributed by atoms with van der Waals surface area (Å²) in [5.74, 6) is 1.45. The SMILES string of the molecule is CC(=O)N1CCC(c2nc3c(Cl)nc(Cl)cc3n2C)CC1. The molecule has 0 aromatic carbocycles. The molecule has 0 unspecified atom stereocenters. The monoisotopic (exact) mass is 326 g/mol. The average molecular weight is 327 g/mol. The van der Waals surface area contributed by atoms with E-state index in [1.165, 1.54) is 0 Å². The van der Waals surface area contributed by atoms with Gasteiger partial charge in [-0.3, -0.25) is 4.79 Å². The second kappa shape index (κ2) is 5.46. The van der Waals surface area contributed by atoms with E-state index < -0.39 is 0 Å². The summed E-state index contributed by atoms with van der Waals surface area (Å²) >= 11 is 12.1. The number of likely N-dealkylation sites (tertiary alicyclic amines) is 1. The second-order valence-electron chi connectivity index (χ2n) is 5.41. The number of halogens is 2. The maximum atomic E-state index is 11.4. The van der Waals surface area contributed by atoms with Crippen molar-refractivity contribution >= 4 is 40.1 Å². The molecule has 1 amide bonds. The second-order valence-corrected chi connectivity index (χ2v) is 6.16. The fraction of sp³-hybridized carbons (Fsp3) is 0.500. The van der Waals surface area contributed by atoms with E-state index in [1.54, 1.807) is 13.0 Å². The van der Waals surface area contributed by atoms with Gasteiger partial charge < -0.3 is 9.47 Å². The van der Waals surface area contributed by atoms with Gasteiger partial charge in [0, 0.05) is 39.0 Å². The molecule has 2 aromatic heterocycles. The molecule has 112 valence electrons. The maximum absolute atomic E-state index is 11.4. The van der Waals surface area contributed by atoms with Gasteiger partial charge in [0.05, 0.1) is 5.52 Å². The average Bonchev–Trinajstić information content (AvgIpc) is 2.77. The number of amides is 1. The van der Waals surface area contributed by atoms with Crippen LogP contribution in [0.25, 0.3) is 11.0 Å². The van der Waals surface area contributed by atoms with Crippen molar-refractivity contribution in [3.05, 3.63) is 22.2 Å². The standard InChI is InChI=1S/C14H16Cl2N4O/c1-8(21)20-5-3-9(4-6-20)14-18-12-10(19(14)2)7-11(15)17-13(12)16/h7,9H,3-6H2,1-2H3. The molecule has 0 bridgehead atoms. The molecule has 3 rings (SSSR count).